The van der Waals surface area contributed by atoms with Gasteiger partial charge in [0.25, 0.3) is 5.56 Å². The van der Waals surface area contributed by atoms with Crippen LogP contribution in [0, 0.1) is 11.7 Å². The van der Waals surface area contributed by atoms with E-state index in [1.807, 2.05) is 19.1 Å². The summed E-state index contributed by atoms with van der Waals surface area (Å²) in [6.45, 7) is 6.97. The van der Waals surface area contributed by atoms with Crippen LogP contribution in [0.5, 0.6) is 0 Å². The van der Waals surface area contributed by atoms with Gasteiger partial charge < -0.3 is 5.32 Å². The molecule has 0 aliphatic carbocycles. The Morgan fingerprint density at radius 1 is 1.19 bits per heavy atom. The van der Waals surface area contributed by atoms with E-state index in [1.165, 1.54) is 22.8 Å². The summed E-state index contributed by atoms with van der Waals surface area (Å²) in [7, 11) is 0. The lowest BCUT2D eigenvalue weighted by Crippen LogP contribution is -2.31. The van der Waals surface area contributed by atoms with Crippen molar-refractivity contribution in [1.82, 2.24) is 14.9 Å². The smallest absolute Gasteiger partial charge is 0.266 e. The van der Waals surface area contributed by atoms with Gasteiger partial charge in [-0.05, 0) is 49.7 Å². The van der Waals surface area contributed by atoms with Crippen molar-refractivity contribution in [3.63, 3.8) is 0 Å². The molecule has 1 atom stereocenters. The molecule has 1 unspecified atom stereocenters. The molecule has 0 saturated carbocycles. The number of para-hydroxylation sites is 1. The zero-order valence-corrected chi connectivity index (χ0v) is 15.7. The first-order chi connectivity index (χ1) is 12.4. The summed E-state index contributed by atoms with van der Waals surface area (Å²) in [4.78, 5) is 17.9. The molecular weight excluding hydrogens is 353 g/mol. The van der Waals surface area contributed by atoms with Crippen LogP contribution in [-0.4, -0.2) is 16.1 Å². The number of aromatic nitrogens is 2. The third-order valence-electron chi connectivity index (χ3n) is 4.18. The van der Waals surface area contributed by atoms with Crippen molar-refractivity contribution in [3.8, 4) is 5.69 Å². The second-order valence-electron chi connectivity index (χ2n) is 6.75. The maximum absolute atomic E-state index is 13.6. The SMILES string of the molecule is CC(C)CNC(C)c1nc2ccccc2c(=O)n1-c1ccc(F)c(Cl)c1. The van der Waals surface area contributed by atoms with Crippen LogP contribution in [0.25, 0.3) is 16.6 Å². The Morgan fingerprint density at radius 3 is 2.62 bits per heavy atom. The van der Waals surface area contributed by atoms with Crippen molar-refractivity contribution in [2.75, 3.05) is 6.54 Å². The monoisotopic (exact) mass is 373 g/mol. The van der Waals surface area contributed by atoms with Gasteiger partial charge in [0.05, 0.1) is 27.7 Å². The molecule has 1 N–H and O–H groups in total. The summed E-state index contributed by atoms with van der Waals surface area (Å²) in [6, 6.07) is 11.3. The predicted molar refractivity (Wildman–Crippen MR) is 104 cm³/mol. The van der Waals surface area contributed by atoms with Crippen LogP contribution in [0.15, 0.2) is 47.3 Å². The van der Waals surface area contributed by atoms with Gasteiger partial charge in [0.15, 0.2) is 0 Å². The van der Waals surface area contributed by atoms with E-state index in [1.54, 1.807) is 12.1 Å². The normalized spacial score (nSPS) is 12.7. The number of nitrogens with zero attached hydrogens (tertiary/aromatic N) is 2. The molecule has 136 valence electrons. The molecule has 0 aliphatic rings. The van der Waals surface area contributed by atoms with E-state index in [4.69, 9.17) is 16.6 Å². The lowest BCUT2D eigenvalue weighted by atomic mass is 10.1. The first kappa shape index (κ1) is 18.5. The Morgan fingerprint density at radius 2 is 1.92 bits per heavy atom. The fourth-order valence-corrected chi connectivity index (χ4v) is 2.99. The van der Waals surface area contributed by atoms with Crippen molar-refractivity contribution >= 4 is 22.5 Å². The molecule has 0 spiro atoms. The van der Waals surface area contributed by atoms with E-state index >= 15 is 0 Å². The van der Waals surface area contributed by atoms with Gasteiger partial charge in [0, 0.05) is 0 Å². The lowest BCUT2D eigenvalue weighted by Gasteiger charge is -2.20. The molecule has 1 heterocycles. The number of halogens is 2. The van der Waals surface area contributed by atoms with Crippen LogP contribution < -0.4 is 10.9 Å². The molecule has 0 aliphatic heterocycles. The van der Waals surface area contributed by atoms with Crippen LogP contribution in [0.2, 0.25) is 5.02 Å². The fraction of sp³-hybridized carbons (Fsp3) is 0.300. The molecule has 3 rings (SSSR count). The first-order valence-electron chi connectivity index (χ1n) is 8.59. The van der Waals surface area contributed by atoms with Gasteiger partial charge >= 0.3 is 0 Å². The van der Waals surface area contributed by atoms with Gasteiger partial charge in [-0.2, -0.15) is 0 Å². The van der Waals surface area contributed by atoms with Crippen LogP contribution in [0.4, 0.5) is 4.39 Å². The summed E-state index contributed by atoms with van der Waals surface area (Å²) in [5.41, 5.74) is 0.925. The molecule has 2 aromatic carbocycles. The van der Waals surface area contributed by atoms with E-state index in [0.29, 0.717) is 28.3 Å². The highest BCUT2D eigenvalue weighted by Gasteiger charge is 2.18. The Kier molecular flexibility index (Phi) is 5.39. The molecule has 0 saturated heterocycles. The average molecular weight is 374 g/mol. The Balaban J connectivity index is 2.23. The molecule has 0 fully saturated rings. The van der Waals surface area contributed by atoms with Gasteiger partial charge in [-0.1, -0.05) is 37.6 Å². The molecule has 0 amide bonds. The van der Waals surface area contributed by atoms with Crippen LogP contribution in [0.1, 0.15) is 32.6 Å². The molecule has 0 bridgehead atoms. The van der Waals surface area contributed by atoms with Gasteiger partial charge in [0.2, 0.25) is 0 Å². The summed E-state index contributed by atoms with van der Waals surface area (Å²) >= 11 is 5.94. The molecule has 26 heavy (non-hydrogen) atoms. The highest BCUT2D eigenvalue weighted by molar-refractivity contribution is 6.30. The highest BCUT2D eigenvalue weighted by atomic mass is 35.5. The van der Waals surface area contributed by atoms with Crippen molar-refractivity contribution in [3.05, 3.63) is 69.5 Å². The van der Waals surface area contributed by atoms with Gasteiger partial charge in [-0.15, -0.1) is 0 Å². The predicted octanol–water partition coefficient (Wildman–Crippen LogP) is 4.48. The second kappa shape index (κ2) is 7.56. The maximum atomic E-state index is 13.6. The van der Waals surface area contributed by atoms with E-state index in [9.17, 15) is 9.18 Å². The summed E-state index contributed by atoms with van der Waals surface area (Å²) in [5, 5.41) is 3.87. The maximum Gasteiger partial charge on any atom is 0.266 e. The second-order valence-corrected chi connectivity index (χ2v) is 7.16. The van der Waals surface area contributed by atoms with Crippen molar-refractivity contribution in [2.45, 2.75) is 26.8 Å². The fourth-order valence-electron chi connectivity index (χ4n) is 2.82. The Hall–Kier alpha value is -2.24. The zero-order valence-electron chi connectivity index (χ0n) is 15.0. The number of nitrogens with one attached hydrogen (secondary N) is 1. The third-order valence-corrected chi connectivity index (χ3v) is 4.47. The lowest BCUT2D eigenvalue weighted by molar-refractivity contribution is 0.475. The number of rotatable bonds is 5. The van der Waals surface area contributed by atoms with Crippen LogP contribution in [0.3, 0.4) is 0 Å². The largest absolute Gasteiger partial charge is 0.307 e. The average Bonchev–Trinajstić information content (AvgIpc) is 2.62. The van der Waals surface area contributed by atoms with Crippen molar-refractivity contribution < 1.29 is 4.39 Å². The molecular formula is C20H21ClFN3O. The third kappa shape index (κ3) is 3.64. The minimum atomic E-state index is -0.523. The number of hydrogen-bond acceptors (Lipinski definition) is 3. The Labute approximate surface area is 156 Å². The minimum absolute atomic E-state index is 0.0312. The quantitative estimate of drug-likeness (QED) is 0.717. The van der Waals surface area contributed by atoms with Crippen molar-refractivity contribution in [2.24, 2.45) is 5.92 Å². The van der Waals surface area contributed by atoms with Gasteiger partial charge in [-0.25, -0.2) is 9.37 Å². The van der Waals surface area contributed by atoms with E-state index in [-0.39, 0.29) is 16.6 Å². The summed E-state index contributed by atoms with van der Waals surface area (Å²) in [5.74, 6) is 0.500. The number of benzene rings is 2. The van der Waals surface area contributed by atoms with E-state index in [2.05, 4.69) is 19.2 Å². The molecule has 3 aromatic rings. The standard InChI is InChI=1S/C20H21ClFN3O/c1-12(2)11-23-13(3)19-24-18-7-5-4-6-15(18)20(26)25(19)14-8-9-17(22)16(21)10-14/h4-10,12-13,23H,11H2,1-3H3. The summed E-state index contributed by atoms with van der Waals surface area (Å²) < 4.78 is 15.1. The van der Waals surface area contributed by atoms with E-state index in [0.717, 1.165) is 6.54 Å². The molecule has 4 nitrogen and oxygen atoms in total. The number of fused-ring (bicyclic) bond motifs is 1. The van der Waals surface area contributed by atoms with Crippen LogP contribution >= 0.6 is 11.6 Å². The van der Waals surface area contributed by atoms with Crippen LogP contribution in [-0.2, 0) is 0 Å². The number of hydrogen-bond donors (Lipinski definition) is 1. The van der Waals surface area contributed by atoms with E-state index < -0.39 is 5.82 Å². The van der Waals surface area contributed by atoms with Gasteiger partial charge in [0.1, 0.15) is 11.6 Å². The van der Waals surface area contributed by atoms with Crippen molar-refractivity contribution in [1.29, 1.82) is 0 Å². The topological polar surface area (TPSA) is 46.9 Å². The molecule has 1 aromatic heterocycles. The van der Waals surface area contributed by atoms with Gasteiger partial charge in [-0.3, -0.25) is 9.36 Å². The zero-order chi connectivity index (χ0) is 18.8. The molecule has 0 radical (unpaired) electrons. The first-order valence-corrected chi connectivity index (χ1v) is 8.96. The minimum Gasteiger partial charge on any atom is -0.307 e. The Bertz CT molecular complexity index is 1000. The summed E-state index contributed by atoms with van der Waals surface area (Å²) in [6.07, 6.45) is 0. The molecule has 6 heteroatoms. The highest BCUT2D eigenvalue weighted by Crippen LogP contribution is 2.22.